The number of hydroxylamine groups is 1. The van der Waals surface area contributed by atoms with Crippen molar-refractivity contribution in [1.82, 2.24) is 19.6 Å². The number of amides is 1. The summed E-state index contributed by atoms with van der Waals surface area (Å²) in [7, 11) is -1.51. The lowest BCUT2D eigenvalue weighted by atomic mass is 10.2. The zero-order valence-electron chi connectivity index (χ0n) is 15.7. The molecule has 0 saturated carbocycles. The van der Waals surface area contributed by atoms with E-state index in [0.717, 1.165) is 11.3 Å². The summed E-state index contributed by atoms with van der Waals surface area (Å²) in [5, 5.41) is 6.92. The van der Waals surface area contributed by atoms with Crippen molar-refractivity contribution in [2.75, 3.05) is 14.2 Å². The van der Waals surface area contributed by atoms with E-state index in [4.69, 9.17) is 16.4 Å². The number of aromatic nitrogens is 2. The Kier molecular flexibility index (Phi) is 6.33. The van der Waals surface area contributed by atoms with Gasteiger partial charge in [-0.15, -0.1) is 0 Å². The number of sulfonamides is 1. The smallest absolute Gasteiger partial charge is 0.266 e. The lowest BCUT2D eigenvalue weighted by Crippen LogP contribution is -2.27. The van der Waals surface area contributed by atoms with E-state index in [1.807, 2.05) is 36.5 Å². The van der Waals surface area contributed by atoms with Gasteiger partial charge in [-0.2, -0.15) is 5.10 Å². The fraction of sp³-hybridized carbons (Fsp3) is 0.158. The van der Waals surface area contributed by atoms with Gasteiger partial charge in [-0.25, -0.2) is 13.1 Å². The van der Waals surface area contributed by atoms with Gasteiger partial charge in [-0.1, -0.05) is 28.2 Å². The zero-order chi connectivity index (χ0) is 21.0. The highest BCUT2D eigenvalue weighted by Gasteiger charge is 2.25. The van der Waals surface area contributed by atoms with Crippen LogP contribution in [0.5, 0.6) is 0 Å². The Hall–Kier alpha value is -2.72. The maximum atomic E-state index is 12.5. The van der Waals surface area contributed by atoms with Gasteiger partial charge < -0.3 is 5.32 Å². The molecule has 1 amide bonds. The van der Waals surface area contributed by atoms with Crippen molar-refractivity contribution in [1.29, 1.82) is 0 Å². The molecule has 0 fully saturated rings. The molecule has 0 radical (unpaired) electrons. The molecule has 2 aromatic carbocycles. The van der Waals surface area contributed by atoms with Crippen molar-refractivity contribution < 1.29 is 18.0 Å². The quantitative estimate of drug-likeness (QED) is 0.577. The Morgan fingerprint density at radius 3 is 2.59 bits per heavy atom. The Bertz CT molecular complexity index is 1100. The van der Waals surface area contributed by atoms with E-state index < -0.39 is 15.9 Å². The first-order chi connectivity index (χ1) is 13.8. The topological polar surface area (TPSA) is 93.5 Å². The summed E-state index contributed by atoms with van der Waals surface area (Å²) >= 11 is 6.02. The SMILES string of the molecule is CON(C)S(=O)(=O)c1cc(C(=O)NCc2ccc(-n3cccn3)cc2)ccc1Cl. The molecule has 29 heavy (non-hydrogen) atoms. The first kappa shape index (κ1) is 21.0. The third kappa shape index (κ3) is 4.65. The van der Waals surface area contributed by atoms with E-state index in [0.29, 0.717) is 4.47 Å². The number of halogens is 1. The maximum Gasteiger partial charge on any atom is 0.266 e. The highest BCUT2D eigenvalue weighted by molar-refractivity contribution is 7.89. The van der Waals surface area contributed by atoms with Crippen molar-refractivity contribution in [3.63, 3.8) is 0 Å². The second-order valence-electron chi connectivity index (χ2n) is 6.04. The van der Waals surface area contributed by atoms with Crippen molar-refractivity contribution in [3.05, 3.63) is 77.1 Å². The van der Waals surface area contributed by atoms with E-state index in [1.165, 1.54) is 32.4 Å². The number of carbonyl (C=O) groups excluding carboxylic acids is 1. The van der Waals surface area contributed by atoms with Gasteiger partial charge in [0.25, 0.3) is 15.9 Å². The Labute approximate surface area is 173 Å². The number of nitrogens with one attached hydrogen (secondary N) is 1. The second kappa shape index (κ2) is 8.75. The van der Waals surface area contributed by atoms with E-state index >= 15 is 0 Å². The Balaban J connectivity index is 1.72. The fourth-order valence-electron chi connectivity index (χ4n) is 2.55. The van der Waals surface area contributed by atoms with Crippen molar-refractivity contribution >= 4 is 27.5 Å². The van der Waals surface area contributed by atoms with Crippen LogP contribution in [-0.4, -0.2) is 42.7 Å². The number of hydrogen-bond donors (Lipinski definition) is 1. The third-order valence-electron chi connectivity index (χ3n) is 4.23. The molecule has 3 aromatic rings. The molecule has 0 unspecified atom stereocenters. The third-order valence-corrected chi connectivity index (χ3v) is 6.39. The van der Waals surface area contributed by atoms with Crippen LogP contribution < -0.4 is 5.32 Å². The zero-order valence-corrected chi connectivity index (χ0v) is 17.3. The van der Waals surface area contributed by atoms with Crippen LogP contribution in [0.3, 0.4) is 0 Å². The first-order valence-electron chi connectivity index (χ1n) is 8.52. The molecule has 0 aliphatic rings. The summed E-state index contributed by atoms with van der Waals surface area (Å²) in [6.45, 7) is 0.279. The molecule has 1 heterocycles. The first-order valence-corrected chi connectivity index (χ1v) is 10.3. The predicted octanol–water partition coefficient (Wildman–Crippen LogP) is 2.64. The monoisotopic (exact) mass is 434 g/mol. The minimum Gasteiger partial charge on any atom is -0.348 e. The number of nitrogens with zero attached hydrogens (tertiary/aromatic N) is 3. The van der Waals surface area contributed by atoms with Gasteiger partial charge in [0, 0.05) is 31.5 Å². The van der Waals surface area contributed by atoms with E-state index in [1.54, 1.807) is 10.9 Å². The number of benzene rings is 2. The molecule has 152 valence electrons. The fourth-order valence-corrected chi connectivity index (χ4v) is 4.03. The number of carbonyl (C=O) groups is 1. The molecule has 1 N–H and O–H groups in total. The standard InChI is InChI=1S/C19H19ClN4O4S/c1-23(28-2)29(26,27)18-12-15(6-9-17(18)20)19(25)21-13-14-4-7-16(8-5-14)24-11-3-10-22-24/h3-12H,13H2,1-2H3,(H,21,25). The summed E-state index contributed by atoms with van der Waals surface area (Å²) in [5.41, 5.74) is 1.96. The molecule has 10 heteroatoms. The van der Waals surface area contributed by atoms with Gasteiger partial charge in [0.2, 0.25) is 0 Å². The van der Waals surface area contributed by atoms with Crippen molar-refractivity contribution in [2.45, 2.75) is 11.4 Å². The van der Waals surface area contributed by atoms with E-state index in [9.17, 15) is 13.2 Å². The van der Waals surface area contributed by atoms with Gasteiger partial charge >= 0.3 is 0 Å². The van der Waals surface area contributed by atoms with Crippen LogP contribution in [0, 0.1) is 0 Å². The molecule has 3 rings (SSSR count). The van der Waals surface area contributed by atoms with Crippen LogP contribution in [0.15, 0.2) is 65.8 Å². The average molecular weight is 435 g/mol. The van der Waals surface area contributed by atoms with Gasteiger partial charge in [-0.05, 0) is 42.0 Å². The van der Waals surface area contributed by atoms with Crippen LogP contribution in [0.4, 0.5) is 0 Å². The van der Waals surface area contributed by atoms with Crippen LogP contribution >= 0.6 is 11.6 Å². The van der Waals surface area contributed by atoms with Crippen molar-refractivity contribution in [3.8, 4) is 5.69 Å². The molecule has 0 atom stereocenters. The lowest BCUT2D eigenvalue weighted by Gasteiger charge is -2.16. The molecule has 0 saturated heterocycles. The van der Waals surface area contributed by atoms with Gasteiger partial charge in [-0.3, -0.25) is 9.63 Å². The molecular weight excluding hydrogens is 416 g/mol. The normalized spacial score (nSPS) is 11.6. The molecule has 0 spiro atoms. The van der Waals surface area contributed by atoms with Gasteiger partial charge in [0.05, 0.1) is 17.8 Å². The summed E-state index contributed by atoms with van der Waals surface area (Å²) in [4.78, 5) is 17.0. The summed E-state index contributed by atoms with van der Waals surface area (Å²) in [6.07, 6.45) is 3.53. The Morgan fingerprint density at radius 1 is 1.24 bits per heavy atom. The van der Waals surface area contributed by atoms with Crippen LogP contribution in [0.1, 0.15) is 15.9 Å². The summed E-state index contributed by atoms with van der Waals surface area (Å²) < 4.78 is 27.3. The molecule has 0 bridgehead atoms. The number of hydrogen-bond acceptors (Lipinski definition) is 5. The maximum absolute atomic E-state index is 12.5. The van der Waals surface area contributed by atoms with E-state index in [-0.39, 0.29) is 22.0 Å². The molecule has 0 aliphatic heterocycles. The van der Waals surface area contributed by atoms with E-state index in [2.05, 4.69) is 10.4 Å². The predicted molar refractivity (Wildman–Crippen MR) is 108 cm³/mol. The van der Waals surface area contributed by atoms with Crippen LogP contribution in [-0.2, 0) is 21.4 Å². The second-order valence-corrected chi connectivity index (χ2v) is 8.35. The molecular formula is C19H19ClN4O4S. The van der Waals surface area contributed by atoms with Crippen LogP contribution in [0.2, 0.25) is 5.02 Å². The van der Waals surface area contributed by atoms with Crippen molar-refractivity contribution in [2.24, 2.45) is 0 Å². The van der Waals surface area contributed by atoms with Gasteiger partial charge in [0.15, 0.2) is 0 Å². The summed E-state index contributed by atoms with van der Waals surface area (Å²) in [5.74, 6) is -0.422. The largest absolute Gasteiger partial charge is 0.348 e. The average Bonchev–Trinajstić information content (AvgIpc) is 3.26. The lowest BCUT2D eigenvalue weighted by molar-refractivity contribution is -0.0258. The summed E-state index contributed by atoms with van der Waals surface area (Å²) in [6, 6.07) is 13.4. The highest BCUT2D eigenvalue weighted by atomic mass is 35.5. The highest BCUT2D eigenvalue weighted by Crippen LogP contribution is 2.25. The molecule has 1 aromatic heterocycles. The minimum atomic E-state index is -3.98. The Morgan fingerprint density at radius 2 is 1.97 bits per heavy atom. The minimum absolute atomic E-state index is 0.000315. The van der Waals surface area contributed by atoms with Gasteiger partial charge in [0.1, 0.15) is 4.90 Å². The molecule has 8 nitrogen and oxygen atoms in total. The number of rotatable bonds is 7. The van der Waals surface area contributed by atoms with Crippen LogP contribution in [0.25, 0.3) is 5.69 Å². The molecule has 0 aliphatic carbocycles.